The highest BCUT2D eigenvalue weighted by Crippen LogP contribution is 2.19. The summed E-state index contributed by atoms with van der Waals surface area (Å²) < 4.78 is 5.20. The molecule has 0 radical (unpaired) electrons. The molecule has 2 heterocycles. The van der Waals surface area contributed by atoms with Crippen molar-refractivity contribution in [1.82, 2.24) is 9.80 Å². The van der Waals surface area contributed by atoms with Gasteiger partial charge >= 0.3 is 0 Å². The zero-order valence-electron chi connectivity index (χ0n) is 13.4. The summed E-state index contributed by atoms with van der Waals surface area (Å²) in [6.07, 6.45) is 1.55. The summed E-state index contributed by atoms with van der Waals surface area (Å²) in [7, 11) is 0. The van der Waals surface area contributed by atoms with Crippen LogP contribution in [-0.2, 0) is 6.54 Å². The number of carbonyl (C=O) groups excluding carboxylic acids is 1. The fourth-order valence-corrected chi connectivity index (χ4v) is 3.44. The Bertz CT molecular complexity index is 617. The van der Waals surface area contributed by atoms with Gasteiger partial charge in [-0.2, -0.15) is 0 Å². The van der Waals surface area contributed by atoms with E-state index in [1.165, 1.54) is 10.5 Å². The van der Waals surface area contributed by atoms with Gasteiger partial charge in [0.1, 0.15) is 0 Å². The fourth-order valence-electron chi connectivity index (χ4n) is 2.78. The second-order valence-electron chi connectivity index (χ2n) is 5.62. The predicted octanol–water partition coefficient (Wildman–Crippen LogP) is 3.35. The quantitative estimate of drug-likeness (QED) is 0.788. The van der Waals surface area contributed by atoms with Crippen molar-refractivity contribution in [2.24, 2.45) is 0 Å². The summed E-state index contributed by atoms with van der Waals surface area (Å²) in [5, 5.41) is 0. The molecule has 1 aromatic carbocycles. The highest BCUT2D eigenvalue weighted by atomic mass is 32.2. The lowest BCUT2D eigenvalue weighted by molar-refractivity contribution is 0.0598. The molecule has 1 aromatic heterocycles. The highest BCUT2D eigenvalue weighted by molar-refractivity contribution is 7.99. The Morgan fingerprint density at radius 3 is 2.48 bits per heavy atom. The van der Waals surface area contributed by atoms with Crippen molar-refractivity contribution < 1.29 is 9.21 Å². The number of hydrogen-bond acceptors (Lipinski definition) is 4. The normalized spacial score (nSPS) is 15.8. The van der Waals surface area contributed by atoms with Crippen LogP contribution in [-0.4, -0.2) is 47.6 Å². The van der Waals surface area contributed by atoms with Gasteiger partial charge in [-0.3, -0.25) is 9.69 Å². The SMILES string of the molecule is CCSc1ccc(CN2CCN(C(=O)c3ccco3)CC2)cc1. The van der Waals surface area contributed by atoms with E-state index >= 15 is 0 Å². The summed E-state index contributed by atoms with van der Waals surface area (Å²) in [6, 6.07) is 12.3. The number of nitrogens with zero attached hydrogens (tertiary/aromatic N) is 2. The molecule has 1 aliphatic rings. The summed E-state index contributed by atoms with van der Waals surface area (Å²) in [4.78, 5) is 17.8. The third-order valence-electron chi connectivity index (χ3n) is 4.03. The smallest absolute Gasteiger partial charge is 0.289 e. The zero-order chi connectivity index (χ0) is 16.1. The molecule has 4 nitrogen and oxygen atoms in total. The van der Waals surface area contributed by atoms with Gasteiger partial charge in [0.05, 0.1) is 6.26 Å². The summed E-state index contributed by atoms with van der Waals surface area (Å²) >= 11 is 1.87. The van der Waals surface area contributed by atoms with Crippen LogP contribution in [0.5, 0.6) is 0 Å². The topological polar surface area (TPSA) is 36.7 Å². The third-order valence-corrected chi connectivity index (χ3v) is 4.93. The Balaban J connectivity index is 1.50. The average Bonchev–Trinajstić information content (AvgIpc) is 3.11. The Labute approximate surface area is 141 Å². The molecule has 0 saturated carbocycles. The largest absolute Gasteiger partial charge is 0.459 e. The first-order chi connectivity index (χ1) is 11.3. The van der Waals surface area contributed by atoms with E-state index in [1.807, 2.05) is 16.7 Å². The molecule has 1 aliphatic heterocycles. The number of piperazine rings is 1. The first-order valence-corrected chi connectivity index (χ1v) is 9.01. The predicted molar refractivity (Wildman–Crippen MR) is 92.7 cm³/mol. The number of benzene rings is 1. The van der Waals surface area contributed by atoms with E-state index in [1.54, 1.807) is 18.4 Å². The zero-order valence-corrected chi connectivity index (χ0v) is 14.2. The lowest BCUT2D eigenvalue weighted by Gasteiger charge is -2.34. The lowest BCUT2D eigenvalue weighted by Crippen LogP contribution is -2.48. The third kappa shape index (κ3) is 4.18. The number of carbonyl (C=O) groups is 1. The van der Waals surface area contributed by atoms with E-state index < -0.39 is 0 Å². The summed E-state index contributed by atoms with van der Waals surface area (Å²) in [5.74, 6) is 1.53. The number of thioether (sulfide) groups is 1. The molecule has 0 atom stereocenters. The van der Waals surface area contributed by atoms with Crippen molar-refractivity contribution in [3.05, 3.63) is 54.0 Å². The van der Waals surface area contributed by atoms with Crippen LogP contribution in [0.2, 0.25) is 0 Å². The van der Waals surface area contributed by atoms with Crippen LogP contribution in [0.1, 0.15) is 23.0 Å². The van der Waals surface area contributed by atoms with E-state index in [-0.39, 0.29) is 5.91 Å². The second kappa shape index (κ2) is 7.70. The number of furan rings is 1. The minimum atomic E-state index is -0.00408. The maximum absolute atomic E-state index is 12.2. The minimum Gasteiger partial charge on any atom is -0.459 e. The van der Waals surface area contributed by atoms with Crippen molar-refractivity contribution in [2.75, 3.05) is 31.9 Å². The standard InChI is InChI=1S/C18H22N2O2S/c1-2-23-16-7-5-15(6-8-16)14-19-9-11-20(12-10-19)18(21)17-4-3-13-22-17/h3-8,13H,2,9-12,14H2,1H3. The fraction of sp³-hybridized carbons (Fsp3) is 0.389. The van der Waals surface area contributed by atoms with Crippen LogP contribution < -0.4 is 0 Å². The molecule has 2 aromatic rings. The van der Waals surface area contributed by atoms with E-state index in [0.717, 1.165) is 38.5 Å². The molecule has 122 valence electrons. The molecule has 5 heteroatoms. The summed E-state index contributed by atoms with van der Waals surface area (Å²) in [6.45, 7) is 6.42. The van der Waals surface area contributed by atoms with Gasteiger partial charge in [0.2, 0.25) is 0 Å². The molecule has 0 aliphatic carbocycles. The molecule has 0 unspecified atom stereocenters. The van der Waals surface area contributed by atoms with E-state index in [2.05, 4.69) is 36.1 Å². The van der Waals surface area contributed by atoms with Crippen LogP contribution in [0.15, 0.2) is 52.0 Å². The Morgan fingerprint density at radius 1 is 1.13 bits per heavy atom. The van der Waals surface area contributed by atoms with Crippen LogP contribution >= 0.6 is 11.8 Å². The van der Waals surface area contributed by atoms with Gasteiger partial charge in [-0.1, -0.05) is 19.1 Å². The molecule has 23 heavy (non-hydrogen) atoms. The summed E-state index contributed by atoms with van der Waals surface area (Å²) in [5.41, 5.74) is 1.33. The molecule has 1 fully saturated rings. The first-order valence-electron chi connectivity index (χ1n) is 8.03. The van der Waals surface area contributed by atoms with Crippen molar-refractivity contribution in [1.29, 1.82) is 0 Å². The Hall–Kier alpha value is -1.72. The van der Waals surface area contributed by atoms with Gasteiger partial charge in [0.25, 0.3) is 5.91 Å². The molecule has 0 N–H and O–H groups in total. The van der Waals surface area contributed by atoms with Gasteiger partial charge in [0.15, 0.2) is 5.76 Å². The van der Waals surface area contributed by atoms with E-state index in [4.69, 9.17) is 4.42 Å². The molecule has 1 saturated heterocycles. The first kappa shape index (κ1) is 16.1. The average molecular weight is 330 g/mol. The number of amides is 1. The highest BCUT2D eigenvalue weighted by Gasteiger charge is 2.23. The number of hydrogen-bond donors (Lipinski definition) is 0. The van der Waals surface area contributed by atoms with Crippen LogP contribution in [0.25, 0.3) is 0 Å². The van der Waals surface area contributed by atoms with Crippen LogP contribution in [0, 0.1) is 0 Å². The lowest BCUT2D eigenvalue weighted by atomic mass is 10.2. The van der Waals surface area contributed by atoms with Crippen LogP contribution in [0.3, 0.4) is 0 Å². The minimum absolute atomic E-state index is 0.00408. The van der Waals surface area contributed by atoms with Crippen molar-refractivity contribution in [3.63, 3.8) is 0 Å². The Morgan fingerprint density at radius 2 is 1.87 bits per heavy atom. The van der Waals surface area contributed by atoms with Crippen molar-refractivity contribution >= 4 is 17.7 Å². The molecule has 3 rings (SSSR count). The monoisotopic (exact) mass is 330 g/mol. The number of rotatable bonds is 5. The van der Waals surface area contributed by atoms with Crippen LogP contribution in [0.4, 0.5) is 0 Å². The molecule has 1 amide bonds. The maximum Gasteiger partial charge on any atom is 0.289 e. The van der Waals surface area contributed by atoms with E-state index in [0.29, 0.717) is 5.76 Å². The van der Waals surface area contributed by atoms with Gasteiger partial charge in [-0.05, 0) is 35.6 Å². The van der Waals surface area contributed by atoms with Gasteiger partial charge in [-0.15, -0.1) is 11.8 Å². The molecular weight excluding hydrogens is 308 g/mol. The van der Waals surface area contributed by atoms with Gasteiger partial charge < -0.3 is 9.32 Å². The van der Waals surface area contributed by atoms with Crippen molar-refractivity contribution in [2.45, 2.75) is 18.4 Å². The maximum atomic E-state index is 12.2. The molecular formula is C18H22N2O2S. The molecule has 0 spiro atoms. The van der Waals surface area contributed by atoms with E-state index in [9.17, 15) is 4.79 Å². The molecule has 0 bridgehead atoms. The Kier molecular flexibility index (Phi) is 5.41. The second-order valence-corrected chi connectivity index (χ2v) is 6.96. The van der Waals surface area contributed by atoms with Gasteiger partial charge in [0, 0.05) is 37.6 Å². The van der Waals surface area contributed by atoms with Crippen molar-refractivity contribution in [3.8, 4) is 0 Å². The van der Waals surface area contributed by atoms with Gasteiger partial charge in [-0.25, -0.2) is 0 Å².